The minimum Gasteiger partial charge on any atom is -0.278 e. The first-order valence-corrected chi connectivity index (χ1v) is 19.7. The largest absolute Gasteiger partial charge is 0.278 e. The third kappa shape index (κ3) is 3.70. The Bertz CT molecular complexity index is 3380. The molecule has 4 heteroatoms. The van der Waals surface area contributed by atoms with E-state index in [0.29, 0.717) is 5.95 Å². The van der Waals surface area contributed by atoms with E-state index in [1.165, 1.54) is 76.1 Å². The first-order chi connectivity index (χ1) is 27.3. The summed E-state index contributed by atoms with van der Waals surface area (Å²) in [6.07, 6.45) is 0. The van der Waals surface area contributed by atoms with Gasteiger partial charge in [-0.2, -0.15) is 0 Å². The van der Waals surface area contributed by atoms with Crippen molar-refractivity contribution >= 4 is 64.2 Å². The molecule has 2 aliphatic rings. The van der Waals surface area contributed by atoms with Crippen molar-refractivity contribution in [2.45, 2.75) is 5.41 Å². The van der Waals surface area contributed by atoms with Crippen LogP contribution in [0, 0.1) is 0 Å². The van der Waals surface area contributed by atoms with Gasteiger partial charge in [-0.1, -0.05) is 158 Å². The van der Waals surface area contributed by atoms with E-state index >= 15 is 0 Å². The molecule has 13 rings (SSSR count). The molecule has 0 fully saturated rings. The molecular weight excluding hydrogens is 687 g/mol. The Morgan fingerprint density at radius 2 is 1.04 bits per heavy atom. The van der Waals surface area contributed by atoms with Crippen molar-refractivity contribution < 1.29 is 0 Å². The standard InChI is InChI=1S/C51H29N3S/c1-2-12-30(13-3-1)31-24-26-33(27-25-31)48-45-36-17-6-9-23-43(36)55-49(45)53-50(52-48)54-41-22-11-21-40-46(41)47-42(54)29-28-32-14-10-20-39(44(32)47)51(40)37-18-7-4-15-34(37)35-16-5-8-19-38(35)51/h1-29H. The van der Waals surface area contributed by atoms with Gasteiger partial charge in [0.05, 0.1) is 22.1 Å². The molecule has 254 valence electrons. The van der Waals surface area contributed by atoms with E-state index in [1.807, 2.05) is 0 Å². The molecule has 0 atom stereocenters. The topological polar surface area (TPSA) is 30.7 Å². The molecule has 8 aromatic carbocycles. The summed E-state index contributed by atoms with van der Waals surface area (Å²) < 4.78 is 3.55. The Balaban J connectivity index is 1.14. The van der Waals surface area contributed by atoms with Crippen LogP contribution >= 0.6 is 11.3 Å². The Morgan fingerprint density at radius 3 is 1.84 bits per heavy atom. The number of rotatable bonds is 3. The van der Waals surface area contributed by atoms with Crippen molar-refractivity contribution in [3.8, 4) is 39.5 Å². The predicted molar refractivity (Wildman–Crippen MR) is 228 cm³/mol. The van der Waals surface area contributed by atoms with Gasteiger partial charge in [-0.15, -0.1) is 11.3 Å². The highest BCUT2D eigenvalue weighted by atomic mass is 32.1. The minimum atomic E-state index is -0.457. The fraction of sp³-hybridized carbons (Fsp3) is 0.0196. The van der Waals surface area contributed by atoms with E-state index in [1.54, 1.807) is 11.3 Å². The first kappa shape index (κ1) is 29.6. The maximum atomic E-state index is 5.58. The zero-order valence-corrected chi connectivity index (χ0v) is 30.3. The van der Waals surface area contributed by atoms with Gasteiger partial charge >= 0.3 is 0 Å². The van der Waals surface area contributed by atoms with Crippen LogP contribution in [0.3, 0.4) is 0 Å². The van der Waals surface area contributed by atoms with Gasteiger partial charge in [-0.25, -0.2) is 9.97 Å². The molecule has 3 aromatic heterocycles. The Labute approximate surface area is 320 Å². The lowest BCUT2D eigenvalue weighted by Gasteiger charge is -2.37. The molecule has 2 aliphatic carbocycles. The summed E-state index contributed by atoms with van der Waals surface area (Å²) in [6.45, 7) is 0. The lowest BCUT2D eigenvalue weighted by atomic mass is 9.63. The highest BCUT2D eigenvalue weighted by Gasteiger charge is 2.50. The molecule has 3 nitrogen and oxygen atoms in total. The molecule has 0 aliphatic heterocycles. The van der Waals surface area contributed by atoms with Crippen LogP contribution in [0.25, 0.3) is 92.3 Å². The van der Waals surface area contributed by atoms with Crippen LogP contribution in [0.15, 0.2) is 176 Å². The lowest BCUT2D eigenvalue weighted by Crippen LogP contribution is -2.30. The summed E-state index contributed by atoms with van der Waals surface area (Å²) in [6, 6.07) is 64.5. The average Bonchev–Trinajstić information content (AvgIpc) is 3.90. The molecule has 11 aromatic rings. The SMILES string of the molecule is c1ccc(-c2ccc(-c3nc(-n4c5cccc6c5c5c7c(cccc7ccc54)C64c5ccccc5-c5ccccc54)nc4sc5ccccc5c34)cc2)cc1. The summed E-state index contributed by atoms with van der Waals surface area (Å²) in [5, 5.41) is 7.42. The monoisotopic (exact) mass is 715 g/mol. The maximum absolute atomic E-state index is 5.58. The van der Waals surface area contributed by atoms with E-state index in [-0.39, 0.29) is 0 Å². The van der Waals surface area contributed by atoms with Crippen LogP contribution < -0.4 is 0 Å². The fourth-order valence-corrected chi connectivity index (χ4v) is 11.2. The summed E-state index contributed by atoms with van der Waals surface area (Å²) in [5.41, 5.74) is 14.2. The minimum absolute atomic E-state index is 0.457. The van der Waals surface area contributed by atoms with Gasteiger partial charge in [0.25, 0.3) is 0 Å². The van der Waals surface area contributed by atoms with Gasteiger partial charge in [0.2, 0.25) is 5.95 Å². The average molecular weight is 716 g/mol. The first-order valence-electron chi connectivity index (χ1n) is 18.8. The van der Waals surface area contributed by atoms with Gasteiger partial charge in [-0.05, 0) is 73.5 Å². The van der Waals surface area contributed by atoms with Gasteiger partial charge in [-0.3, -0.25) is 4.57 Å². The molecule has 0 saturated heterocycles. The third-order valence-electron chi connectivity index (χ3n) is 12.3. The maximum Gasteiger partial charge on any atom is 0.236 e. The molecule has 0 unspecified atom stereocenters. The number of benzene rings is 8. The molecule has 1 spiro atoms. The third-order valence-corrected chi connectivity index (χ3v) is 13.3. The number of hydrogen-bond acceptors (Lipinski definition) is 3. The van der Waals surface area contributed by atoms with Gasteiger partial charge < -0.3 is 0 Å². The number of nitrogens with zero attached hydrogens (tertiary/aromatic N) is 3. The highest BCUT2D eigenvalue weighted by molar-refractivity contribution is 7.25. The summed E-state index contributed by atoms with van der Waals surface area (Å²) in [7, 11) is 0. The zero-order valence-electron chi connectivity index (χ0n) is 29.5. The van der Waals surface area contributed by atoms with Crippen LogP contribution in [-0.4, -0.2) is 14.5 Å². The molecule has 0 saturated carbocycles. The second-order valence-corrected chi connectivity index (χ2v) is 15.9. The van der Waals surface area contributed by atoms with E-state index in [9.17, 15) is 0 Å². The van der Waals surface area contributed by atoms with Crippen LogP contribution in [0.5, 0.6) is 0 Å². The van der Waals surface area contributed by atoms with Crippen molar-refractivity contribution in [3.63, 3.8) is 0 Å². The molecule has 3 heterocycles. The summed E-state index contributed by atoms with van der Waals surface area (Å²) in [4.78, 5) is 12.0. The Hall–Kier alpha value is -6.88. The van der Waals surface area contributed by atoms with Crippen molar-refractivity contribution in [1.29, 1.82) is 0 Å². The summed E-state index contributed by atoms with van der Waals surface area (Å²) in [5.74, 6) is 0.693. The van der Waals surface area contributed by atoms with Crippen molar-refractivity contribution in [3.05, 3.63) is 198 Å². The van der Waals surface area contributed by atoms with Crippen LogP contribution in [0.2, 0.25) is 0 Å². The van der Waals surface area contributed by atoms with Crippen molar-refractivity contribution in [2.24, 2.45) is 0 Å². The molecule has 0 N–H and O–H groups in total. The predicted octanol–water partition coefficient (Wildman–Crippen LogP) is 13.1. The summed E-state index contributed by atoms with van der Waals surface area (Å²) >= 11 is 1.74. The van der Waals surface area contributed by atoms with Crippen LogP contribution in [0.4, 0.5) is 0 Å². The van der Waals surface area contributed by atoms with Gasteiger partial charge in [0.15, 0.2) is 0 Å². The molecule has 55 heavy (non-hydrogen) atoms. The van der Waals surface area contributed by atoms with Crippen molar-refractivity contribution in [1.82, 2.24) is 14.5 Å². The Morgan fingerprint density at radius 1 is 0.418 bits per heavy atom. The number of aromatic nitrogens is 3. The van der Waals surface area contributed by atoms with Gasteiger partial charge in [0.1, 0.15) is 4.83 Å². The molecule has 0 amide bonds. The van der Waals surface area contributed by atoms with Gasteiger partial charge in [0, 0.05) is 31.8 Å². The number of hydrogen-bond donors (Lipinski definition) is 0. The Kier molecular flexibility index (Phi) is 5.71. The van der Waals surface area contributed by atoms with Crippen LogP contribution in [0.1, 0.15) is 22.3 Å². The van der Waals surface area contributed by atoms with E-state index in [2.05, 4.69) is 180 Å². The normalized spacial score (nSPS) is 13.6. The van der Waals surface area contributed by atoms with E-state index in [4.69, 9.17) is 9.97 Å². The molecule has 0 bridgehead atoms. The molecular formula is C51H29N3S. The lowest BCUT2D eigenvalue weighted by molar-refractivity contribution is 0.783. The molecule has 0 radical (unpaired) electrons. The highest BCUT2D eigenvalue weighted by Crippen LogP contribution is 2.62. The quantitative estimate of drug-likeness (QED) is 0.182. The second kappa shape index (κ2) is 10.6. The number of fused-ring (bicyclic) bond motifs is 10. The zero-order chi connectivity index (χ0) is 35.8. The fourth-order valence-electron chi connectivity index (χ4n) is 10.1. The smallest absolute Gasteiger partial charge is 0.236 e. The second-order valence-electron chi connectivity index (χ2n) is 14.8. The van der Waals surface area contributed by atoms with E-state index in [0.717, 1.165) is 32.5 Å². The van der Waals surface area contributed by atoms with Crippen LogP contribution in [-0.2, 0) is 5.41 Å². The number of thiophene rings is 1. The van der Waals surface area contributed by atoms with E-state index < -0.39 is 5.41 Å². The van der Waals surface area contributed by atoms with Crippen molar-refractivity contribution in [2.75, 3.05) is 0 Å².